The number of hydrogen-bond donors (Lipinski definition) is 5. The molecule has 0 saturated heterocycles. The van der Waals surface area contributed by atoms with Gasteiger partial charge in [0.05, 0.1) is 11.9 Å². The fourth-order valence-electron chi connectivity index (χ4n) is 1.79. The van der Waals surface area contributed by atoms with Gasteiger partial charge >= 0.3 is 75.1 Å². The fraction of sp³-hybridized carbons (Fsp3) is 0.529. The minimum Gasteiger partial charge on any atom is -0.550 e. The van der Waals surface area contributed by atoms with Gasteiger partial charge in [-0.1, -0.05) is 0 Å². The van der Waals surface area contributed by atoms with Crippen LogP contribution in [0.3, 0.4) is 0 Å². The van der Waals surface area contributed by atoms with Crippen LogP contribution in [0.2, 0.25) is 0 Å². The summed E-state index contributed by atoms with van der Waals surface area (Å²) < 4.78 is 0. The number of carboxylic acids is 7. The summed E-state index contributed by atoms with van der Waals surface area (Å²) in [5.41, 5.74) is 3.86. The maximum absolute atomic E-state index is 10.1. The molecule has 0 saturated carbocycles. The number of carbonyl (C=O) groups excluding carboxylic acids is 7. The first-order valence-electron chi connectivity index (χ1n) is 9.03. The molecule has 0 rings (SSSR count). The van der Waals surface area contributed by atoms with Crippen LogP contribution in [0.1, 0.15) is 38.5 Å². The number of primary amides is 1. The molecule has 1 amide bonds. The Kier molecular flexibility index (Phi) is 30.4. The quantitative estimate of drug-likeness (QED) is 0.116. The van der Waals surface area contributed by atoms with Gasteiger partial charge in [0.25, 0.3) is 0 Å². The van der Waals surface area contributed by atoms with Crippen molar-refractivity contribution in [1.29, 1.82) is 0 Å². The van der Waals surface area contributed by atoms with E-state index in [1.165, 1.54) is 0 Å². The molecule has 0 spiro atoms. The number of amides is 1. The maximum Gasteiger partial charge on any atom is 2.00 e. The zero-order chi connectivity index (χ0) is 29.4. The largest absolute Gasteiger partial charge is 2.00 e. The van der Waals surface area contributed by atoms with Crippen LogP contribution in [-0.2, 0) is 38.4 Å². The fourth-order valence-corrected chi connectivity index (χ4v) is 1.79. The van der Waals surface area contributed by atoms with E-state index in [0.29, 0.717) is 0 Å². The molecule has 0 aliphatic heterocycles. The number of nitrogens with two attached hydrogens (primary N) is 2. The Hall–Kier alpha value is -2.06. The zero-order valence-electron chi connectivity index (χ0n) is 20.2. The van der Waals surface area contributed by atoms with Crippen LogP contribution in [0.5, 0.6) is 0 Å². The zero-order valence-corrected chi connectivity index (χ0v) is 24.4. The summed E-state index contributed by atoms with van der Waals surface area (Å²) in [5.74, 6) is -13.6. The van der Waals surface area contributed by atoms with E-state index in [9.17, 15) is 69.0 Å². The molecule has 0 fully saturated rings. The van der Waals surface area contributed by atoms with Crippen LogP contribution in [0.15, 0.2) is 0 Å². The van der Waals surface area contributed by atoms with E-state index in [-0.39, 0.29) is 82.0 Å². The Balaban J connectivity index is -0.000000102. The van der Waals surface area contributed by atoms with Crippen LogP contribution in [-0.4, -0.2) is 149 Å². The average Bonchev–Trinajstić information content (AvgIpc) is 2.64. The van der Waals surface area contributed by atoms with Gasteiger partial charge in [-0.2, -0.15) is 0 Å². The summed E-state index contributed by atoms with van der Waals surface area (Å²) in [7, 11) is 0. The summed E-state index contributed by atoms with van der Waals surface area (Å²) in [5, 5.41) is 86.1. The van der Waals surface area contributed by atoms with Gasteiger partial charge in [-0.15, -0.1) is 0 Å². The molecule has 0 heterocycles. The van der Waals surface area contributed by atoms with Crippen LogP contribution < -0.4 is 42.1 Å². The van der Waals surface area contributed by atoms with Crippen LogP contribution in [0.25, 0.3) is 0 Å². The Morgan fingerprint density at radius 1 is 0.615 bits per heavy atom. The third-order valence-electron chi connectivity index (χ3n) is 3.53. The summed E-state index contributed by atoms with van der Waals surface area (Å²) >= 11 is 0. The molecule has 0 aliphatic rings. The minimum atomic E-state index is -2.97. The van der Waals surface area contributed by atoms with Gasteiger partial charge in [-0.25, -0.2) is 0 Å². The number of carboxylic acid groups (broad SMARTS) is 7. The van der Waals surface area contributed by atoms with Crippen molar-refractivity contribution < 1.29 is 84.3 Å². The first-order valence-corrected chi connectivity index (χ1v) is 9.03. The monoisotopic (exact) mass is 596 g/mol. The van der Waals surface area contributed by atoms with Crippen molar-refractivity contribution in [2.45, 2.75) is 55.8 Å². The summed E-state index contributed by atoms with van der Waals surface area (Å²) in [6.45, 7) is 0. The van der Waals surface area contributed by atoms with Crippen molar-refractivity contribution in [1.82, 2.24) is 0 Å². The van der Waals surface area contributed by atoms with Gasteiger partial charge in [0.1, 0.15) is 17.2 Å². The Morgan fingerprint density at radius 2 is 0.846 bits per heavy atom. The van der Waals surface area contributed by atoms with Crippen LogP contribution in [0, 0.1) is 0 Å². The Labute approximate surface area is 267 Å². The maximum atomic E-state index is 10.1. The van der Waals surface area contributed by atoms with E-state index in [1.807, 2.05) is 0 Å². The number of hydrogen-bond acceptors (Lipinski definition) is 17. The molecule has 0 aliphatic carbocycles. The molecular weight excluding hydrogens is 577 g/mol. The standard InChI is InChI=1S/2C6H8O7.C5H10N2O3.3Mg/c2*7-3(8)1-6(13,5(11)12)2-4(9)10;6-3(5(9)10)1-2-4(7)8;;;/h2*13H,1-2H2,(H,7,8)(H,9,10)(H,11,12);3H,1-2,6H2,(H2,7,8)(H,9,10);;;/q;;;3*+2/p-6. The van der Waals surface area contributed by atoms with E-state index >= 15 is 0 Å². The minimum absolute atomic E-state index is 0. The number of aliphatic carboxylic acids is 7. The van der Waals surface area contributed by atoms with Gasteiger partial charge < -0.3 is 86.2 Å². The molecule has 0 aromatic rings. The molecule has 22 heteroatoms. The van der Waals surface area contributed by atoms with Crippen molar-refractivity contribution >= 4 is 117 Å². The summed E-state index contributed by atoms with van der Waals surface area (Å²) in [6, 6.07) is -0.979. The van der Waals surface area contributed by atoms with Crippen molar-refractivity contribution in [3.8, 4) is 0 Å². The Morgan fingerprint density at radius 3 is 0.974 bits per heavy atom. The van der Waals surface area contributed by atoms with Gasteiger partial charge in [0.2, 0.25) is 5.91 Å². The second-order valence-electron chi connectivity index (χ2n) is 6.78. The molecule has 1 unspecified atom stereocenters. The second kappa shape index (κ2) is 23.8. The predicted molar refractivity (Wildman–Crippen MR) is 110 cm³/mol. The Bertz CT molecular complexity index is 783. The van der Waals surface area contributed by atoms with E-state index in [2.05, 4.69) is 0 Å². The van der Waals surface area contributed by atoms with Crippen molar-refractivity contribution in [3.63, 3.8) is 0 Å². The average molecular weight is 597 g/mol. The van der Waals surface area contributed by atoms with Gasteiger partial charge in [0.15, 0.2) is 0 Å². The predicted octanol–water partition coefficient (Wildman–Crippen LogP) is -13.0. The van der Waals surface area contributed by atoms with Crippen molar-refractivity contribution in [2.24, 2.45) is 11.5 Å². The normalized spacial score (nSPS) is 10.4. The molecule has 206 valence electrons. The third-order valence-corrected chi connectivity index (χ3v) is 3.53. The van der Waals surface area contributed by atoms with Crippen LogP contribution >= 0.6 is 0 Å². The number of rotatable bonds is 14. The van der Waals surface area contributed by atoms with Crippen molar-refractivity contribution in [2.75, 3.05) is 0 Å². The summed E-state index contributed by atoms with van der Waals surface area (Å²) in [4.78, 5) is 80.1. The first kappa shape index (κ1) is 49.8. The molecule has 1 atom stereocenters. The number of carbonyl (C=O) groups is 8. The molecule has 0 aromatic carbocycles. The molecule has 19 nitrogen and oxygen atoms in total. The molecule has 0 bridgehead atoms. The topological polar surface area (TPSA) is 388 Å². The van der Waals surface area contributed by atoms with E-state index in [1.54, 1.807) is 0 Å². The van der Waals surface area contributed by atoms with Gasteiger partial charge in [0, 0.05) is 56.0 Å². The van der Waals surface area contributed by atoms with E-state index < -0.39 is 90.6 Å². The van der Waals surface area contributed by atoms with E-state index in [0.717, 1.165) is 0 Å². The molecular formula is C17H20Mg3N2O17. The number of aliphatic hydroxyl groups is 2. The van der Waals surface area contributed by atoms with E-state index in [4.69, 9.17) is 26.8 Å². The SMILES string of the molecule is NC(=O)CCC(N)C(=O)O.O=C([O-])CC(O)(CC(=O)[O-])C(=O)[O-].O=C([O-])CC(O)(CC(=O)[O-])C(=O)[O-].[Mg+2].[Mg+2].[Mg+2]. The molecule has 39 heavy (non-hydrogen) atoms. The smallest absolute Gasteiger partial charge is 0.550 e. The molecule has 0 radical (unpaired) electrons. The van der Waals surface area contributed by atoms with Gasteiger partial charge in [-0.3, -0.25) is 9.59 Å². The summed E-state index contributed by atoms with van der Waals surface area (Å²) in [6.07, 6.45) is -5.31. The third kappa shape index (κ3) is 27.3. The van der Waals surface area contributed by atoms with Crippen LogP contribution in [0.4, 0.5) is 0 Å². The van der Waals surface area contributed by atoms with Crippen molar-refractivity contribution in [3.05, 3.63) is 0 Å². The second-order valence-corrected chi connectivity index (χ2v) is 6.78. The molecule has 7 N–H and O–H groups in total. The van der Waals surface area contributed by atoms with Gasteiger partial charge in [-0.05, 0) is 6.42 Å². The first-order chi connectivity index (χ1) is 16.1. The molecule has 0 aromatic heterocycles.